The van der Waals surface area contributed by atoms with Crippen LogP contribution < -0.4 is 4.90 Å². The van der Waals surface area contributed by atoms with Crippen LogP contribution >= 0.6 is 0 Å². The molecule has 1 aliphatic rings. The Balaban J connectivity index is 2.06. The number of aliphatic carboxylic acids is 1. The van der Waals surface area contributed by atoms with E-state index in [9.17, 15) is 4.79 Å². The SMILES string of the molecule is O=C(O)Cc1cnc(N2CCCC2)nc1. The van der Waals surface area contributed by atoms with Crippen molar-refractivity contribution in [3.05, 3.63) is 18.0 Å². The molecule has 15 heavy (non-hydrogen) atoms. The normalized spacial score (nSPS) is 15.6. The first-order valence-corrected chi connectivity index (χ1v) is 5.03. The third kappa shape index (κ3) is 2.43. The number of carboxylic acid groups (broad SMARTS) is 1. The molecule has 0 spiro atoms. The molecule has 0 aromatic carbocycles. The van der Waals surface area contributed by atoms with Gasteiger partial charge >= 0.3 is 5.97 Å². The van der Waals surface area contributed by atoms with Gasteiger partial charge < -0.3 is 10.0 Å². The molecule has 80 valence electrons. The first kappa shape index (κ1) is 9.89. The van der Waals surface area contributed by atoms with Crippen molar-refractivity contribution in [1.82, 2.24) is 9.97 Å². The van der Waals surface area contributed by atoms with Crippen LogP contribution in [0.1, 0.15) is 18.4 Å². The average molecular weight is 207 g/mol. The highest BCUT2D eigenvalue weighted by Gasteiger charge is 2.14. The molecule has 1 aromatic rings. The minimum absolute atomic E-state index is 0.0136. The van der Waals surface area contributed by atoms with Gasteiger partial charge in [0.15, 0.2) is 0 Å². The number of nitrogens with zero attached hydrogens (tertiary/aromatic N) is 3. The fourth-order valence-electron chi connectivity index (χ4n) is 1.69. The van der Waals surface area contributed by atoms with Crippen molar-refractivity contribution >= 4 is 11.9 Å². The molecule has 0 aliphatic carbocycles. The summed E-state index contributed by atoms with van der Waals surface area (Å²) in [4.78, 5) is 20.9. The summed E-state index contributed by atoms with van der Waals surface area (Å²) in [5.41, 5.74) is 0.644. The van der Waals surface area contributed by atoms with E-state index in [-0.39, 0.29) is 6.42 Å². The van der Waals surface area contributed by atoms with Crippen LogP contribution in [-0.4, -0.2) is 34.1 Å². The van der Waals surface area contributed by atoms with E-state index in [2.05, 4.69) is 14.9 Å². The van der Waals surface area contributed by atoms with E-state index in [1.165, 1.54) is 12.8 Å². The van der Waals surface area contributed by atoms with Gasteiger partial charge in [-0.2, -0.15) is 0 Å². The second-order valence-electron chi connectivity index (χ2n) is 3.66. The van der Waals surface area contributed by atoms with E-state index in [1.54, 1.807) is 12.4 Å². The minimum Gasteiger partial charge on any atom is -0.481 e. The quantitative estimate of drug-likeness (QED) is 0.790. The fraction of sp³-hybridized carbons (Fsp3) is 0.500. The lowest BCUT2D eigenvalue weighted by molar-refractivity contribution is -0.136. The van der Waals surface area contributed by atoms with E-state index >= 15 is 0 Å². The maximum Gasteiger partial charge on any atom is 0.307 e. The largest absolute Gasteiger partial charge is 0.481 e. The Morgan fingerprint density at radius 2 is 1.93 bits per heavy atom. The molecule has 1 N–H and O–H groups in total. The Kier molecular flexibility index (Phi) is 2.80. The van der Waals surface area contributed by atoms with Crippen molar-refractivity contribution in [2.75, 3.05) is 18.0 Å². The Bertz CT molecular complexity index is 344. The van der Waals surface area contributed by atoms with Crippen molar-refractivity contribution in [1.29, 1.82) is 0 Å². The fourth-order valence-corrected chi connectivity index (χ4v) is 1.69. The van der Waals surface area contributed by atoms with Crippen LogP contribution in [0.5, 0.6) is 0 Å². The molecule has 0 unspecified atom stereocenters. The molecule has 1 aromatic heterocycles. The highest BCUT2D eigenvalue weighted by Crippen LogP contribution is 2.14. The zero-order valence-electron chi connectivity index (χ0n) is 8.39. The number of rotatable bonds is 3. The van der Waals surface area contributed by atoms with Crippen LogP contribution in [0.4, 0.5) is 5.95 Å². The third-order valence-corrected chi connectivity index (χ3v) is 2.44. The number of hydrogen-bond acceptors (Lipinski definition) is 4. The number of hydrogen-bond donors (Lipinski definition) is 1. The summed E-state index contributed by atoms with van der Waals surface area (Å²) in [6, 6.07) is 0. The van der Waals surface area contributed by atoms with Gasteiger partial charge in [0, 0.05) is 31.0 Å². The molecule has 1 fully saturated rings. The first-order valence-electron chi connectivity index (χ1n) is 5.03. The monoisotopic (exact) mass is 207 g/mol. The molecule has 5 nitrogen and oxygen atoms in total. The summed E-state index contributed by atoms with van der Waals surface area (Å²) in [6.45, 7) is 2.00. The van der Waals surface area contributed by atoms with E-state index in [4.69, 9.17) is 5.11 Å². The molecule has 0 bridgehead atoms. The average Bonchev–Trinajstić information content (AvgIpc) is 2.71. The van der Waals surface area contributed by atoms with Crippen LogP contribution in [0, 0.1) is 0 Å². The highest BCUT2D eigenvalue weighted by atomic mass is 16.4. The summed E-state index contributed by atoms with van der Waals surface area (Å²) in [5.74, 6) is -0.144. The molecule has 0 amide bonds. The van der Waals surface area contributed by atoms with Gasteiger partial charge in [0.05, 0.1) is 6.42 Å². The summed E-state index contributed by atoms with van der Waals surface area (Å²) >= 11 is 0. The molecule has 5 heteroatoms. The number of aromatic nitrogens is 2. The van der Waals surface area contributed by atoms with E-state index in [0.717, 1.165) is 13.1 Å². The van der Waals surface area contributed by atoms with E-state index < -0.39 is 5.97 Å². The van der Waals surface area contributed by atoms with Gasteiger partial charge in [0.25, 0.3) is 0 Å². The molecule has 0 radical (unpaired) electrons. The lowest BCUT2D eigenvalue weighted by Crippen LogP contribution is -2.20. The summed E-state index contributed by atoms with van der Waals surface area (Å²) < 4.78 is 0. The lowest BCUT2D eigenvalue weighted by Gasteiger charge is -2.14. The van der Waals surface area contributed by atoms with Crippen molar-refractivity contribution < 1.29 is 9.90 Å². The van der Waals surface area contributed by atoms with Gasteiger partial charge in [-0.1, -0.05) is 0 Å². The molecule has 0 atom stereocenters. The molecule has 1 saturated heterocycles. The molecular formula is C10H13N3O2. The van der Waals surface area contributed by atoms with Crippen molar-refractivity contribution in [3.63, 3.8) is 0 Å². The van der Waals surface area contributed by atoms with Crippen LogP contribution in [0.15, 0.2) is 12.4 Å². The Hall–Kier alpha value is -1.65. The maximum atomic E-state index is 10.4. The van der Waals surface area contributed by atoms with Crippen LogP contribution in [0.25, 0.3) is 0 Å². The second kappa shape index (κ2) is 4.25. The lowest BCUT2D eigenvalue weighted by atomic mass is 10.2. The van der Waals surface area contributed by atoms with Crippen LogP contribution in [0.3, 0.4) is 0 Å². The van der Waals surface area contributed by atoms with E-state index in [0.29, 0.717) is 11.5 Å². The zero-order valence-corrected chi connectivity index (χ0v) is 8.39. The Morgan fingerprint density at radius 1 is 1.33 bits per heavy atom. The van der Waals surface area contributed by atoms with Gasteiger partial charge in [-0.15, -0.1) is 0 Å². The smallest absolute Gasteiger partial charge is 0.307 e. The summed E-state index contributed by atoms with van der Waals surface area (Å²) in [7, 11) is 0. The topological polar surface area (TPSA) is 66.3 Å². The summed E-state index contributed by atoms with van der Waals surface area (Å²) in [6.07, 6.45) is 5.53. The van der Waals surface area contributed by atoms with Gasteiger partial charge in [0.1, 0.15) is 0 Å². The molecule has 2 heterocycles. The number of anilines is 1. The van der Waals surface area contributed by atoms with Crippen molar-refractivity contribution in [2.45, 2.75) is 19.3 Å². The minimum atomic E-state index is -0.854. The molecule has 2 rings (SSSR count). The maximum absolute atomic E-state index is 10.4. The Labute approximate surface area is 87.8 Å². The predicted molar refractivity (Wildman–Crippen MR) is 54.8 cm³/mol. The van der Waals surface area contributed by atoms with Gasteiger partial charge in [-0.3, -0.25) is 4.79 Å². The number of carboxylic acids is 1. The standard InChI is InChI=1S/C10H13N3O2/c14-9(15)5-8-6-11-10(12-7-8)13-3-1-2-4-13/h6-7H,1-5H2,(H,14,15). The van der Waals surface area contributed by atoms with Crippen molar-refractivity contribution in [3.8, 4) is 0 Å². The Morgan fingerprint density at radius 3 is 2.47 bits per heavy atom. The highest BCUT2D eigenvalue weighted by molar-refractivity contribution is 5.69. The predicted octanol–water partition coefficient (Wildman–Crippen LogP) is 0.704. The van der Waals surface area contributed by atoms with Crippen molar-refractivity contribution in [2.24, 2.45) is 0 Å². The molecule has 0 saturated carbocycles. The number of carbonyl (C=O) groups is 1. The first-order chi connectivity index (χ1) is 7.25. The zero-order chi connectivity index (χ0) is 10.7. The van der Waals surface area contributed by atoms with Crippen LogP contribution in [0.2, 0.25) is 0 Å². The van der Waals surface area contributed by atoms with Gasteiger partial charge in [-0.05, 0) is 12.8 Å². The van der Waals surface area contributed by atoms with E-state index in [1.807, 2.05) is 0 Å². The van der Waals surface area contributed by atoms with Gasteiger partial charge in [0.2, 0.25) is 5.95 Å². The summed E-state index contributed by atoms with van der Waals surface area (Å²) in [5, 5.41) is 8.58. The second-order valence-corrected chi connectivity index (χ2v) is 3.66. The molecule has 1 aliphatic heterocycles. The molecular weight excluding hydrogens is 194 g/mol. The third-order valence-electron chi connectivity index (χ3n) is 2.44. The van der Waals surface area contributed by atoms with Crippen LogP contribution in [-0.2, 0) is 11.2 Å². The van der Waals surface area contributed by atoms with Gasteiger partial charge in [-0.25, -0.2) is 9.97 Å².